The van der Waals surface area contributed by atoms with Crippen molar-refractivity contribution in [2.75, 3.05) is 0 Å². The minimum atomic E-state index is -3.97. The van der Waals surface area contributed by atoms with Crippen LogP contribution < -0.4 is 5.73 Å². The fourth-order valence-corrected chi connectivity index (χ4v) is 2.23. The van der Waals surface area contributed by atoms with E-state index in [-0.39, 0.29) is 22.6 Å². The summed E-state index contributed by atoms with van der Waals surface area (Å²) in [7, 11) is 1.16. The van der Waals surface area contributed by atoms with E-state index in [1.165, 1.54) is 6.07 Å². The van der Waals surface area contributed by atoms with Gasteiger partial charge in [-0.2, -0.15) is 5.26 Å². The van der Waals surface area contributed by atoms with Crippen LogP contribution in [0, 0.1) is 11.3 Å². The van der Waals surface area contributed by atoms with Gasteiger partial charge in [-0.15, -0.1) is 0 Å². The molecular formula is C8H7ClN2O3S. The molecule has 0 aromatic heterocycles. The first-order valence-electron chi connectivity index (χ1n) is 3.81. The number of nitrogens with two attached hydrogens (primary N) is 1. The highest BCUT2D eigenvalue weighted by Gasteiger charge is 2.18. The second-order valence-corrected chi connectivity index (χ2v) is 5.27. The van der Waals surface area contributed by atoms with Crippen LogP contribution in [0.3, 0.4) is 0 Å². The third kappa shape index (κ3) is 2.39. The molecule has 1 aromatic carbocycles. The van der Waals surface area contributed by atoms with Gasteiger partial charge in [-0.1, -0.05) is 0 Å². The van der Waals surface area contributed by atoms with Crippen molar-refractivity contribution in [1.82, 2.24) is 0 Å². The maximum atomic E-state index is 11.1. The van der Waals surface area contributed by atoms with Gasteiger partial charge in [0.25, 0.3) is 9.05 Å². The molecule has 3 N–H and O–H groups in total. The van der Waals surface area contributed by atoms with Crippen molar-refractivity contribution >= 4 is 19.7 Å². The third-order valence-electron chi connectivity index (χ3n) is 1.78. The summed E-state index contributed by atoms with van der Waals surface area (Å²) in [5.74, 6) is -0.436. The Morgan fingerprint density at radius 1 is 1.53 bits per heavy atom. The van der Waals surface area contributed by atoms with Crippen LogP contribution in [-0.4, -0.2) is 13.5 Å². The van der Waals surface area contributed by atoms with E-state index in [9.17, 15) is 13.5 Å². The van der Waals surface area contributed by atoms with Crippen molar-refractivity contribution < 1.29 is 13.5 Å². The normalized spacial score (nSPS) is 11.0. The van der Waals surface area contributed by atoms with Crippen LogP contribution in [0.4, 0.5) is 0 Å². The summed E-state index contributed by atoms with van der Waals surface area (Å²) in [6.45, 7) is -0.0871. The number of phenols is 1. The lowest BCUT2D eigenvalue weighted by molar-refractivity contribution is 0.471. The van der Waals surface area contributed by atoms with Gasteiger partial charge in [0.1, 0.15) is 11.8 Å². The minimum Gasteiger partial charge on any atom is -0.507 e. The number of nitriles is 1. The smallest absolute Gasteiger partial charge is 0.261 e. The first kappa shape index (κ1) is 11.8. The second kappa shape index (κ2) is 4.06. The zero-order valence-corrected chi connectivity index (χ0v) is 9.01. The van der Waals surface area contributed by atoms with Gasteiger partial charge >= 0.3 is 0 Å². The van der Waals surface area contributed by atoms with Gasteiger partial charge in [-0.3, -0.25) is 0 Å². The second-order valence-electron chi connectivity index (χ2n) is 2.73. The van der Waals surface area contributed by atoms with Crippen LogP contribution in [0.15, 0.2) is 17.0 Å². The van der Waals surface area contributed by atoms with E-state index in [0.29, 0.717) is 0 Å². The standard InChI is InChI=1S/C8H7ClN2O3S/c9-15(13,14)8-2-7(12)5(3-10)1-6(8)4-11/h1-2,12H,4,11H2. The van der Waals surface area contributed by atoms with E-state index in [4.69, 9.17) is 21.7 Å². The molecule has 0 unspecified atom stereocenters. The number of nitrogens with zero attached hydrogens (tertiary/aromatic N) is 1. The molecule has 0 atom stereocenters. The Morgan fingerprint density at radius 2 is 2.13 bits per heavy atom. The molecule has 80 valence electrons. The molecule has 1 rings (SSSR count). The largest absolute Gasteiger partial charge is 0.507 e. The lowest BCUT2D eigenvalue weighted by Gasteiger charge is -2.06. The molecule has 0 aliphatic rings. The molecule has 0 heterocycles. The number of phenolic OH excluding ortho intramolecular Hbond substituents is 1. The molecular weight excluding hydrogens is 240 g/mol. The van der Waals surface area contributed by atoms with Crippen molar-refractivity contribution in [3.8, 4) is 11.8 Å². The van der Waals surface area contributed by atoms with Gasteiger partial charge in [0.15, 0.2) is 0 Å². The fourth-order valence-electron chi connectivity index (χ4n) is 1.09. The zero-order chi connectivity index (χ0) is 11.6. The number of rotatable bonds is 2. The number of benzene rings is 1. The molecule has 0 fully saturated rings. The van der Waals surface area contributed by atoms with Crippen LogP contribution in [0.25, 0.3) is 0 Å². The molecule has 0 saturated heterocycles. The average Bonchev–Trinajstić information content (AvgIpc) is 2.16. The average molecular weight is 247 g/mol. The molecule has 0 saturated carbocycles. The summed E-state index contributed by atoms with van der Waals surface area (Å²) in [4.78, 5) is -0.275. The van der Waals surface area contributed by atoms with Crippen LogP contribution in [-0.2, 0) is 15.6 Å². The Kier molecular flexibility index (Phi) is 3.19. The molecule has 0 amide bonds. The van der Waals surface area contributed by atoms with E-state index < -0.39 is 14.8 Å². The fraction of sp³-hybridized carbons (Fsp3) is 0.125. The van der Waals surface area contributed by atoms with E-state index >= 15 is 0 Å². The third-order valence-corrected chi connectivity index (χ3v) is 3.19. The van der Waals surface area contributed by atoms with E-state index in [0.717, 1.165) is 6.07 Å². The maximum Gasteiger partial charge on any atom is 0.261 e. The summed E-state index contributed by atoms with van der Waals surface area (Å²) in [5, 5.41) is 17.9. The van der Waals surface area contributed by atoms with Crippen molar-refractivity contribution in [2.24, 2.45) is 5.73 Å². The van der Waals surface area contributed by atoms with Crippen LogP contribution in [0.5, 0.6) is 5.75 Å². The van der Waals surface area contributed by atoms with Crippen LogP contribution in [0.2, 0.25) is 0 Å². The van der Waals surface area contributed by atoms with Crippen molar-refractivity contribution in [2.45, 2.75) is 11.4 Å². The number of halogens is 1. The lowest BCUT2D eigenvalue weighted by atomic mass is 10.1. The van der Waals surface area contributed by atoms with Gasteiger partial charge in [-0.25, -0.2) is 8.42 Å². The van der Waals surface area contributed by atoms with Crippen molar-refractivity contribution in [1.29, 1.82) is 5.26 Å². The lowest BCUT2D eigenvalue weighted by Crippen LogP contribution is -2.04. The molecule has 15 heavy (non-hydrogen) atoms. The number of aromatic hydroxyl groups is 1. The SMILES string of the molecule is N#Cc1cc(CN)c(S(=O)(=O)Cl)cc1O. The predicted octanol–water partition coefficient (Wildman–Crippen LogP) is 0.650. The molecule has 0 spiro atoms. The van der Waals surface area contributed by atoms with Crippen molar-refractivity contribution in [3.05, 3.63) is 23.3 Å². The summed E-state index contributed by atoms with van der Waals surface area (Å²) in [5.41, 5.74) is 5.46. The Morgan fingerprint density at radius 3 is 2.53 bits per heavy atom. The zero-order valence-electron chi connectivity index (χ0n) is 7.44. The van der Waals surface area contributed by atoms with Crippen LogP contribution in [0.1, 0.15) is 11.1 Å². The highest BCUT2D eigenvalue weighted by molar-refractivity contribution is 8.13. The van der Waals surface area contributed by atoms with Gasteiger partial charge < -0.3 is 10.8 Å². The van der Waals surface area contributed by atoms with Crippen LogP contribution >= 0.6 is 10.7 Å². The summed E-state index contributed by atoms with van der Waals surface area (Å²) < 4.78 is 22.2. The molecule has 5 nitrogen and oxygen atoms in total. The van der Waals surface area contributed by atoms with Gasteiger partial charge in [0.05, 0.1) is 10.5 Å². The topological polar surface area (TPSA) is 104 Å². The molecule has 0 aliphatic heterocycles. The highest BCUT2D eigenvalue weighted by Crippen LogP contribution is 2.27. The predicted molar refractivity (Wildman–Crippen MR) is 53.8 cm³/mol. The number of hydrogen-bond donors (Lipinski definition) is 2. The molecule has 0 radical (unpaired) electrons. The van der Waals surface area contributed by atoms with E-state index in [1.54, 1.807) is 6.07 Å². The Bertz CT molecular complexity index is 534. The van der Waals surface area contributed by atoms with Gasteiger partial charge in [-0.05, 0) is 11.6 Å². The summed E-state index contributed by atoms with van der Waals surface area (Å²) in [6, 6.07) is 3.82. The Balaban J connectivity index is 3.57. The quantitative estimate of drug-likeness (QED) is 0.746. The Hall–Kier alpha value is -1.29. The van der Waals surface area contributed by atoms with Crippen molar-refractivity contribution in [3.63, 3.8) is 0 Å². The summed E-state index contributed by atoms with van der Waals surface area (Å²) in [6.07, 6.45) is 0. The highest BCUT2D eigenvalue weighted by atomic mass is 35.7. The molecule has 7 heteroatoms. The molecule has 1 aromatic rings. The Labute approximate surface area is 91.1 Å². The number of hydrogen-bond acceptors (Lipinski definition) is 5. The first-order chi connectivity index (χ1) is 6.90. The van der Waals surface area contributed by atoms with E-state index in [2.05, 4.69) is 0 Å². The van der Waals surface area contributed by atoms with Gasteiger partial charge in [0, 0.05) is 23.3 Å². The maximum absolute atomic E-state index is 11.1. The monoisotopic (exact) mass is 246 g/mol. The first-order valence-corrected chi connectivity index (χ1v) is 6.11. The minimum absolute atomic E-state index is 0.0421. The van der Waals surface area contributed by atoms with E-state index in [1.807, 2.05) is 0 Å². The molecule has 0 bridgehead atoms. The molecule has 0 aliphatic carbocycles. The van der Waals surface area contributed by atoms with Gasteiger partial charge in [0.2, 0.25) is 0 Å². The summed E-state index contributed by atoms with van der Waals surface area (Å²) >= 11 is 0.